The van der Waals surface area contributed by atoms with Gasteiger partial charge in [-0.05, 0) is 25.0 Å². The first kappa shape index (κ1) is 16.0. The maximum atomic E-state index is 13.4. The molecular formula is C18H18F2N4O2S. The molecule has 1 N–H and O–H groups in total. The van der Waals surface area contributed by atoms with Crippen LogP contribution >= 0.6 is 11.3 Å². The Morgan fingerprint density at radius 2 is 2.15 bits per heavy atom. The summed E-state index contributed by atoms with van der Waals surface area (Å²) in [5.41, 5.74) is 1.99. The fraction of sp³-hybridized carbons (Fsp3) is 0.556. The molecule has 3 atom stereocenters. The molecule has 2 amide bonds. The lowest BCUT2D eigenvalue weighted by molar-refractivity contribution is -0.146. The number of rotatable bonds is 2. The van der Waals surface area contributed by atoms with Crippen molar-refractivity contribution in [2.24, 2.45) is 0 Å². The highest BCUT2D eigenvalue weighted by atomic mass is 32.1. The van der Waals surface area contributed by atoms with Gasteiger partial charge in [-0.2, -0.15) is 0 Å². The number of thiazole rings is 1. The van der Waals surface area contributed by atoms with Gasteiger partial charge in [-0.15, -0.1) is 0 Å². The number of nitrogens with one attached hydrogen (secondary N) is 1. The third-order valence-corrected chi connectivity index (χ3v) is 7.19. The first-order valence-corrected chi connectivity index (χ1v) is 10.1. The minimum Gasteiger partial charge on any atom is -0.493 e. The van der Waals surface area contributed by atoms with E-state index in [4.69, 9.17) is 9.72 Å². The average molecular weight is 392 g/mol. The Labute approximate surface area is 158 Å². The number of benzene rings is 1. The molecule has 1 aromatic carbocycles. The van der Waals surface area contributed by atoms with Crippen LogP contribution in [0.1, 0.15) is 18.4 Å². The second-order valence-electron chi connectivity index (χ2n) is 7.81. The van der Waals surface area contributed by atoms with Crippen molar-refractivity contribution in [3.63, 3.8) is 0 Å². The largest absolute Gasteiger partial charge is 0.493 e. The number of nitrogens with zero attached hydrogens (tertiary/aromatic N) is 3. The molecule has 27 heavy (non-hydrogen) atoms. The topological polar surface area (TPSA) is 57.7 Å². The van der Waals surface area contributed by atoms with E-state index in [1.54, 1.807) is 4.90 Å². The van der Waals surface area contributed by atoms with Crippen LogP contribution < -0.4 is 15.0 Å². The Morgan fingerprint density at radius 3 is 2.96 bits per heavy atom. The second-order valence-corrected chi connectivity index (χ2v) is 8.82. The molecule has 142 valence electrons. The molecule has 3 aliphatic heterocycles. The number of halogens is 2. The smallest absolute Gasteiger partial charge is 0.324 e. The lowest BCUT2D eigenvalue weighted by atomic mass is 10.0. The molecule has 9 heteroatoms. The molecule has 1 aromatic heterocycles. The number of hydrogen-bond donors (Lipinski definition) is 1. The summed E-state index contributed by atoms with van der Waals surface area (Å²) in [5, 5.41) is 3.68. The van der Waals surface area contributed by atoms with Crippen LogP contribution in [0.15, 0.2) is 12.1 Å². The molecule has 4 heterocycles. The van der Waals surface area contributed by atoms with Gasteiger partial charge >= 0.3 is 6.03 Å². The molecular weight excluding hydrogens is 374 g/mol. The lowest BCUT2D eigenvalue weighted by Crippen LogP contribution is -2.63. The van der Waals surface area contributed by atoms with Crippen molar-refractivity contribution in [3.8, 4) is 5.75 Å². The van der Waals surface area contributed by atoms with E-state index < -0.39 is 5.92 Å². The van der Waals surface area contributed by atoms with Crippen molar-refractivity contribution < 1.29 is 18.3 Å². The molecule has 0 radical (unpaired) electrons. The molecule has 2 saturated heterocycles. The van der Waals surface area contributed by atoms with Gasteiger partial charge in [0, 0.05) is 18.0 Å². The Kier molecular flexibility index (Phi) is 3.13. The van der Waals surface area contributed by atoms with E-state index in [9.17, 15) is 13.6 Å². The Bertz CT molecular complexity index is 956. The summed E-state index contributed by atoms with van der Waals surface area (Å²) in [6, 6.07) is 3.58. The Morgan fingerprint density at radius 1 is 1.30 bits per heavy atom. The van der Waals surface area contributed by atoms with E-state index in [1.807, 2.05) is 17.0 Å². The van der Waals surface area contributed by atoms with E-state index in [0.717, 1.165) is 40.8 Å². The predicted octanol–water partition coefficient (Wildman–Crippen LogP) is 2.61. The van der Waals surface area contributed by atoms with E-state index in [-0.39, 0.29) is 37.2 Å². The van der Waals surface area contributed by atoms with Crippen LogP contribution in [0, 0.1) is 0 Å². The van der Waals surface area contributed by atoms with Gasteiger partial charge in [0.25, 0.3) is 5.92 Å². The highest BCUT2D eigenvalue weighted by Crippen LogP contribution is 2.43. The highest BCUT2D eigenvalue weighted by molar-refractivity contribution is 7.22. The number of carbonyl (C=O) groups excluding carboxylic acids is 1. The standard InChI is InChI=1S/C18H18F2N4O2S/c19-18(20)7-23(8-18)11-2-1-10-15(11)24(16(25)21-10)17-22-14-9-5-6-26-12(9)3-4-13(14)27-17/h3-4,10-11,15H,1-2,5-8H2,(H,21,25)/t10-,11-,15-/m1/s1. The van der Waals surface area contributed by atoms with Crippen molar-refractivity contribution in [1.82, 2.24) is 15.2 Å². The normalized spacial score (nSPS) is 31.6. The number of likely N-dealkylation sites (tertiary alicyclic amines) is 1. The van der Waals surface area contributed by atoms with Crippen LogP contribution in [0.3, 0.4) is 0 Å². The number of fused-ring (bicyclic) bond motifs is 4. The third-order valence-electron chi connectivity index (χ3n) is 6.17. The second kappa shape index (κ2) is 5.29. The molecule has 0 bridgehead atoms. The molecule has 6 rings (SSSR count). The van der Waals surface area contributed by atoms with Gasteiger partial charge in [0.1, 0.15) is 5.75 Å². The summed E-state index contributed by atoms with van der Waals surface area (Å²) >= 11 is 1.48. The molecule has 4 aliphatic rings. The number of aromatic nitrogens is 1. The van der Waals surface area contributed by atoms with Gasteiger partial charge in [-0.3, -0.25) is 9.80 Å². The van der Waals surface area contributed by atoms with Crippen molar-refractivity contribution in [2.75, 3.05) is 24.6 Å². The summed E-state index contributed by atoms with van der Waals surface area (Å²) in [6.07, 6.45) is 2.45. The SMILES string of the molecule is O=C1N[C@@H]2CC[C@@H](N3CC(F)(F)C3)[C@@H]2N1c1nc2c3c(ccc2s1)OCC3. The molecule has 0 unspecified atom stereocenters. The van der Waals surface area contributed by atoms with Gasteiger partial charge in [-0.25, -0.2) is 18.6 Å². The van der Waals surface area contributed by atoms with Gasteiger partial charge in [0.2, 0.25) is 0 Å². The number of alkyl halides is 2. The Balaban J connectivity index is 1.37. The molecule has 0 spiro atoms. The minimum atomic E-state index is -2.60. The van der Waals surface area contributed by atoms with Gasteiger partial charge in [0.05, 0.1) is 42.0 Å². The molecule has 3 fully saturated rings. The summed E-state index contributed by atoms with van der Waals surface area (Å²) < 4.78 is 33.4. The van der Waals surface area contributed by atoms with Crippen LogP contribution in [0.25, 0.3) is 10.2 Å². The van der Waals surface area contributed by atoms with Crippen LogP contribution in [0.5, 0.6) is 5.75 Å². The number of anilines is 1. The summed E-state index contributed by atoms with van der Waals surface area (Å²) in [5.74, 6) is -1.74. The number of hydrogen-bond acceptors (Lipinski definition) is 5. The number of urea groups is 1. The fourth-order valence-electron chi connectivity index (χ4n) is 4.99. The molecule has 1 aliphatic carbocycles. The summed E-state index contributed by atoms with van der Waals surface area (Å²) in [7, 11) is 0. The number of ether oxygens (including phenoxy) is 1. The zero-order valence-corrected chi connectivity index (χ0v) is 15.3. The van der Waals surface area contributed by atoms with Crippen LogP contribution in [0.2, 0.25) is 0 Å². The number of amides is 2. The first-order valence-electron chi connectivity index (χ1n) is 9.27. The predicted molar refractivity (Wildman–Crippen MR) is 96.9 cm³/mol. The van der Waals surface area contributed by atoms with E-state index in [0.29, 0.717) is 11.7 Å². The minimum absolute atomic E-state index is 0.00205. The highest BCUT2D eigenvalue weighted by Gasteiger charge is 2.56. The van der Waals surface area contributed by atoms with Crippen molar-refractivity contribution in [1.29, 1.82) is 0 Å². The van der Waals surface area contributed by atoms with Crippen molar-refractivity contribution in [2.45, 2.75) is 43.3 Å². The molecule has 2 aromatic rings. The van der Waals surface area contributed by atoms with Gasteiger partial charge < -0.3 is 10.1 Å². The number of carbonyl (C=O) groups is 1. The van der Waals surface area contributed by atoms with Crippen LogP contribution in [-0.2, 0) is 6.42 Å². The quantitative estimate of drug-likeness (QED) is 0.854. The lowest BCUT2D eigenvalue weighted by Gasteiger charge is -2.45. The monoisotopic (exact) mass is 392 g/mol. The van der Waals surface area contributed by atoms with Crippen molar-refractivity contribution in [3.05, 3.63) is 17.7 Å². The van der Waals surface area contributed by atoms with Gasteiger partial charge in [0.15, 0.2) is 5.13 Å². The van der Waals surface area contributed by atoms with E-state index >= 15 is 0 Å². The fourth-order valence-corrected chi connectivity index (χ4v) is 6.03. The van der Waals surface area contributed by atoms with Crippen LogP contribution in [0.4, 0.5) is 18.7 Å². The first-order chi connectivity index (χ1) is 13.0. The van der Waals surface area contributed by atoms with Crippen molar-refractivity contribution >= 4 is 32.7 Å². The Hall–Kier alpha value is -2.00. The van der Waals surface area contributed by atoms with E-state index in [1.165, 1.54) is 11.3 Å². The molecule has 1 saturated carbocycles. The van der Waals surface area contributed by atoms with Crippen LogP contribution in [-0.4, -0.2) is 59.7 Å². The van der Waals surface area contributed by atoms with E-state index in [2.05, 4.69) is 5.32 Å². The average Bonchev–Trinajstić information content (AvgIpc) is 3.33. The third kappa shape index (κ3) is 2.24. The summed E-state index contributed by atoms with van der Waals surface area (Å²) in [6.45, 7) is 0.225. The van der Waals surface area contributed by atoms with Gasteiger partial charge in [-0.1, -0.05) is 11.3 Å². The zero-order chi connectivity index (χ0) is 18.3. The maximum absolute atomic E-state index is 13.4. The maximum Gasteiger partial charge on any atom is 0.324 e. The molecule has 6 nitrogen and oxygen atoms in total. The zero-order valence-electron chi connectivity index (χ0n) is 14.5. The summed E-state index contributed by atoms with van der Waals surface area (Å²) in [4.78, 5) is 21.0.